The van der Waals surface area contributed by atoms with Gasteiger partial charge in [0.15, 0.2) is 0 Å². The number of nitriles is 1. The number of hydrogen-bond donors (Lipinski definition) is 1. The molecule has 1 aliphatic carbocycles. The third kappa shape index (κ3) is 3.43. The average Bonchev–Trinajstić information content (AvgIpc) is 2.84. The van der Waals surface area contributed by atoms with E-state index in [-0.39, 0.29) is 6.10 Å². The molecule has 1 fully saturated rings. The molecular weight excluding hydrogens is 252 g/mol. The van der Waals surface area contributed by atoms with E-state index in [2.05, 4.69) is 11.4 Å². The zero-order valence-electron chi connectivity index (χ0n) is 12.2. The van der Waals surface area contributed by atoms with Crippen molar-refractivity contribution >= 4 is 0 Å². The second-order valence-electron chi connectivity index (χ2n) is 5.11. The molecule has 2 rings (SSSR count). The third-order valence-corrected chi connectivity index (χ3v) is 3.62. The fourth-order valence-corrected chi connectivity index (χ4v) is 2.74. The van der Waals surface area contributed by atoms with Crippen LogP contribution in [0.4, 0.5) is 0 Å². The Morgan fingerprint density at radius 2 is 2.20 bits per heavy atom. The van der Waals surface area contributed by atoms with Crippen molar-refractivity contribution in [1.82, 2.24) is 5.32 Å². The molecule has 2 unspecified atom stereocenters. The molecule has 0 radical (unpaired) electrons. The van der Waals surface area contributed by atoms with Crippen LogP contribution >= 0.6 is 0 Å². The van der Waals surface area contributed by atoms with Gasteiger partial charge in [0.2, 0.25) is 0 Å². The maximum absolute atomic E-state index is 9.36. The summed E-state index contributed by atoms with van der Waals surface area (Å²) in [6, 6.07) is 10.1. The summed E-state index contributed by atoms with van der Waals surface area (Å²) in [6.45, 7) is 5.44. The van der Waals surface area contributed by atoms with E-state index in [0.717, 1.165) is 37.3 Å². The molecule has 0 aliphatic heterocycles. The highest BCUT2D eigenvalue weighted by Crippen LogP contribution is 2.33. The van der Waals surface area contributed by atoms with E-state index in [1.54, 1.807) is 0 Å². The molecule has 1 N–H and O–H groups in total. The summed E-state index contributed by atoms with van der Waals surface area (Å²) in [5.74, 6) is 1.63. The summed E-state index contributed by atoms with van der Waals surface area (Å²) in [5.41, 5.74) is -0.420. The van der Waals surface area contributed by atoms with E-state index in [9.17, 15) is 5.26 Å². The van der Waals surface area contributed by atoms with Crippen molar-refractivity contribution in [3.63, 3.8) is 0 Å². The maximum atomic E-state index is 9.36. The van der Waals surface area contributed by atoms with Crippen molar-refractivity contribution in [2.75, 3.05) is 13.2 Å². The van der Waals surface area contributed by atoms with Crippen molar-refractivity contribution in [3.05, 3.63) is 24.3 Å². The number of nitrogens with one attached hydrogen (secondary N) is 1. The summed E-state index contributed by atoms with van der Waals surface area (Å²) in [6.07, 6.45) is 2.56. The minimum atomic E-state index is -0.420. The van der Waals surface area contributed by atoms with Crippen LogP contribution in [0.5, 0.6) is 11.5 Å². The first-order chi connectivity index (χ1) is 9.71. The smallest absolute Gasteiger partial charge is 0.123 e. The predicted octanol–water partition coefficient (Wildman–Crippen LogP) is 2.89. The van der Waals surface area contributed by atoms with Gasteiger partial charge in [0.1, 0.15) is 23.1 Å². The molecule has 0 bridgehead atoms. The molecule has 1 aromatic carbocycles. The van der Waals surface area contributed by atoms with Gasteiger partial charge in [0.25, 0.3) is 0 Å². The Balaban J connectivity index is 1.98. The lowest BCUT2D eigenvalue weighted by molar-refractivity contribution is 0.200. The molecule has 0 amide bonds. The number of hydrogen-bond acceptors (Lipinski definition) is 4. The first kappa shape index (κ1) is 14.7. The maximum Gasteiger partial charge on any atom is 0.123 e. The van der Waals surface area contributed by atoms with Gasteiger partial charge < -0.3 is 9.47 Å². The Hall–Kier alpha value is -1.73. The average molecular weight is 274 g/mol. The van der Waals surface area contributed by atoms with Crippen LogP contribution in [0, 0.1) is 11.3 Å². The molecule has 1 aliphatic rings. The normalized spacial score (nSPS) is 25.1. The highest BCUT2D eigenvalue weighted by Gasteiger charge is 2.39. The van der Waals surface area contributed by atoms with Crippen LogP contribution in [-0.4, -0.2) is 24.8 Å². The van der Waals surface area contributed by atoms with Gasteiger partial charge in [-0.25, -0.2) is 0 Å². The van der Waals surface area contributed by atoms with Crippen LogP contribution < -0.4 is 14.8 Å². The van der Waals surface area contributed by atoms with Crippen LogP contribution in [0.3, 0.4) is 0 Å². The van der Waals surface area contributed by atoms with Crippen LogP contribution in [0.15, 0.2) is 24.3 Å². The van der Waals surface area contributed by atoms with Gasteiger partial charge in [0.05, 0.1) is 12.7 Å². The zero-order valence-corrected chi connectivity index (χ0v) is 12.2. The molecular formula is C16H22N2O2. The van der Waals surface area contributed by atoms with Crippen molar-refractivity contribution in [1.29, 1.82) is 5.26 Å². The summed E-state index contributed by atoms with van der Waals surface area (Å²) in [5, 5.41) is 12.6. The second kappa shape index (κ2) is 6.62. The predicted molar refractivity (Wildman–Crippen MR) is 77.9 cm³/mol. The highest BCUT2D eigenvalue weighted by molar-refractivity contribution is 5.33. The lowest BCUT2D eigenvalue weighted by Gasteiger charge is -2.22. The highest BCUT2D eigenvalue weighted by atomic mass is 16.5. The summed E-state index contributed by atoms with van der Waals surface area (Å²) >= 11 is 0. The first-order valence-corrected chi connectivity index (χ1v) is 7.27. The number of nitrogens with zero attached hydrogens (tertiary/aromatic N) is 1. The molecule has 1 saturated carbocycles. The molecule has 0 aromatic heterocycles. The fraction of sp³-hybridized carbons (Fsp3) is 0.562. The van der Waals surface area contributed by atoms with Gasteiger partial charge in [0, 0.05) is 12.5 Å². The van der Waals surface area contributed by atoms with E-state index in [1.165, 1.54) is 0 Å². The van der Waals surface area contributed by atoms with Gasteiger partial charge >= 0.3 is 0 Å². The minimum Gasteiger partial charge on any atom is -0.494 e. The zero-order chi connectivity index (χ0) is 14.4. The van der Waals surface area contributed by atoms with E-state index < -0.39 is 5.54 Å². The number of rotatable bonds is 6. The van der Waals surface area contributed by atoms with Crippen LogP contribution in [0.2, 0.25) is 0 Å². The third-order valence-electron chi connectivity index (χ3n) is 3.62. The second-order valence-corrected chi connectivity index (χ2v) is 5.11. The van der Waals surface area contributed by atoms with Crippen LogP contribution in [0.1, 0.15) is 33.1 Å². The molecule has 0 heterocycles. The Morgan fingerprint density at radius 3 is 2.90 bits per heavy atom. The fourth-order valence-electron chi connectivity index (χ4n) is 2.74. The van der Waals surface area contributed by atoms with Crippen LogP contribution in [-0.2, 0) is 0 Å². The Labute approximate surface area is 120 Å². The van der Waals surface area contributed by atoms with Gasteiger partial charge in [-0.1, -0.05) is 13.0 Å². The van der Waals surface area contributed by atoms with Crippen molar-refractivity contribution < 1.29 is 9.47 Å². The number of ether oxygens (including phenoxy) is 2. The molecule has 20 heavy (non-hydrogen) atoms. The molecule has 0 saturated heterocycles. The summed E-state index contributed by atoms with van der Waals surface area (Å²) in [4.78, 5) is 0. The number of benzene rings is 1. The Bertz CT molecular complexity index is 484. The van der Waals surface area contributed by atoms with Crippen LogP contribution in [0.25, 0.3) is 0 Å². The van der Waals surface area contributed by atoms with Crippen molar-refractivity contribution in [3.8, 4) is 17.6 Å². The topological polar surface area (TPSA) is 54.3 Å². The molecule has 0 spiro atoms. The van der Waals surface area contributed by atoms with Gasteiger partial charge in [-0.15, -0.1) is 0 Å². The van der Waals surface area contributed by atoms with Crippen molar-refractivity contribution in [2.45, 2.75) is 44.8 Å². The van der Waals surface area contributed by atoms with E-state index >= 15 is 0 Å². The van der Waals surface area contributed by atoms with Gasteiger partial charge in [-0.3, -0.25) is 5.32 Å². The van der Waals surface area contributed by atoms with E-state index in [1.807, 2.05) is 38.1 Å². The first-order valence-electron chi connectivity index (χ1n) is 7.27. The monoisotopic (exact) mass is 274 g/mol. The molecule has 108 valence electrons. The quantitative estimate of drug-likeness (QED) is 0.866. The minimum absolute atomic E-state index is 0.0885. The molecule has 4 heteroatoms. The Morgan fingerprint density at radius 1 is 1.40 bits per heavy atom. The van der Waals surface area contributed by atoms with E-state index in [0.29, 0.717) is 6.61 Å². The van der Waals surface area contributed by atoms with Crippen molar-refractivity contribution in [2.24, 2.45) is 0 Å². The Kier molecular flexibility index (Phi) is 4.86. The summed E-state index contributed by atoms with van der Waals surface area (Å²) < 4.78 is 11.5. The molecule has 1 aromatic rings. The van der Waals surface area contributed by atoms with E-state index in [4.69, 9.17) is 9.47 Å². The SMILES string of the molecule is CCNC1(C#N)CCC(Oc2cccc(OCC)c2)C1. The lowest BCUT2D eigenvalue weighted by Crippen LogP contribution is -2.42. The lowest BCUT2D eigenvalue weighted by atomic mass is 10.00. The van der Waals surface area contributed by atoms with Gasteiger partial charge in [-0.05, 0) is 38.4 Å². The molecule has 2 atom stereocenters. The summed E-state index contributed by atoms with van der Waals surface area (Å²) in [7, 11) is 0. The molecule has 4 nitrogen and oxygen atoms in total. The largest absolute Gasteiger partial charge is 0.494 e. The standard InChI is InChI=1S/C16H22N2O2/c1-3-18-16(12-17)9-8-15(11-16)20-14-7-5-6-13(10-14)19-4-2/h5-7,10,15,18H,3-4,8-9,11H2,1-2H3. The van der Waals surface area contributed by atoms with Gasteiger partial charge in [-0.2, -0.15) is 5.26 Å².